The predicted octanol–water partition coefficient (Wildman–Crippen LogP) is 3.31. The molecule has 8 heteroatoms. The van der Waals surface area contributed by atoms with Gasteiger partial charge in [-0.15, -0.1) is 11.3 Å². The Morgan fingerprint density at radius 1 is 1.28 bits per heavy atom. The predicted molar refractivity (Wildman–Crippen MR) is 96.2 cm³/mol. The molecule has 3 aromatic rings. The summed E-state index contributed by atoms with van der Waals surface area (Å²) < 4.78 is 1.80. The Kier molecular flexibility index (Phi) is 4.08. The third kappa shape index (κ3) is 3.00. The Hall–Kier alpha value is -2.74. The molecule has 0 aliphatic rings. The average Bonchev–Trinajstić information content (AvgIpc) is 3.11. The van der Waals surface area contributed by atoms with E-state index in [2.05, 4.69) is 9.97 Å². The normalized spacial score (nSPS) is 11.7. The number of carbonyl (C=O) groups is 2. The Labute approximate surface area is 148 Å². The first-order chi connectivity index (χ1) is 11.7. The van der Waals surface area contributed by atoms with E-state index in [0.717, 1.165) is 11.3 Å². The van der Waals surface area contributed by atoms with E-state index in [9.17, 15) is 14.7 Å². The number of rotatable bonds is 3. The molecule has 0 unspecified atom stereocenters. The summed E-state index contributed by atoms with van der Waals surface area (Å²) >= 11 is 1.13. The van der Waals surface area contributed by atoms with Crippen molar-refractivity contribution in [3.63, 3.8) is 0 Å². The molecule has 0 spiro atoms. The van der Waals surface area contributed by atoms with Gasteiger partial charge in [0, 0.05) is 24.9 Å². The second-order valence-electron chi connectivity index (χ2n) is 6.58. The Morgan fingerprint density at radius 2 is 2.00 bits per heavy atom. The number of hydrogen-bond donors (Lipinski definition) is 1. The highest BCUT2D eigenvalue weighted by molar-refractivity contribution is 7.17. The van der Waals surface area contributed by atoms with Crippen LogP contribution in [0.4, 0.5) is 5.82 Å². The summed E-state index contributed by atoms with van der Waals surface area (Å²) in [5, 5.41) is 9.19. The van der Waals surface area contributed by atoms with Gasteiger partial charge in [-0.25, -0.2) is 9.78 Å². The van der Waals surface area contributed by atoms with Gasteiger partial charge in [-0.2, -0.15) is 0 Å². The summed E-state index contributed by atoms with van der Waals surface area (Å²) in [6.07, 6.45) is 4.98. The van der Waals surface area contributed by atoms with Gasteiger partial charge in [0.1, 0.15) is 16.4 Å². The maximum Gasteiger partial charge on any atom is 0.345 e. The number of aromatic nitrogens is 3. The standard InChI is InChI=1S/C17H18N4O3S/c1-10(22)21(17(2,3)4)15-14(11-5-6-12(25-11)16(23)24)19-13-9-18-7-8-20(13)15/h5-9H,1-4H3,(H,23,24). The SMILES string of the molecule is CC(=O)N(c1c(-c2ccc(C(=O)O)s2)nc2cnccn12)C(C)(C)C. The lowest BCUT2D eigenvalue weighted by Gasteiger charge is -2.34. The molecule has 130 valence electrons. The number of imidazole rings is 1. The highest BCUT2D eigenvalue weighted by Gasteiger charge is 2.32. The molecule has 0 radical (unpaired) electrons. The van der Waals surface area contributed by atoms with Gasteiger partial charge in [-0.05, 0) is 32.9 Å². The Balaban J connectivity index is 2.31. The molecule has 0 bridgehead atoms. The minimum absolute atomic E-state index is 0.123. The largest absolute Gasteiger partial charge is 0.477 e. The van der Waals surface area contributed by atoms with Crippen LogP contribution in [0.2, 0.25) is 0 Å². The number of carbonyl (C=O) groups excluding carboxylic acids is 1. The first-order valence-electron chi connectivity index (χ1n) is 7.66. The van der Waals surface area contributed by atoms with Crippen molar-refractivity contribution >= 4 is 34.7 Å². The molecule has 0 aliphatic carbocycles. The number of carboxylic acids is 1. The van der Waals surface area contributed by atoms with E-state index in [1.165, 1.54) is 6.92 Å². The average molecular weight is 358 g/mol. The lowest BCUT2D eigenvalue weighted by atomic mass is 10.1. The molecular weight excluding hydrogens is 340 g/mol. The fourth-order valence-electron chi connectivity index (χ4n) is 2.79. The van der Waals surface area contributed by atoms with E-state index in [4.69, 9.17) is 0 Å². The summed E-state index contributed by atoms with van der Waals surface area (Å²) in [6, 6.07) is 3.26. The molecule has 3 rings (SSSR count). The van der Waals surface area contributed by atoms with Crippen molar-refractivity contribution in [1.29, 1.82) is 0 Å². The van der Waals surface area contributed by atoms with E-state index >= 15 is 0 Å². The summed E-state index contributed by atoms with van der Waals surface area (Å²) in [7, 11) is 0. The van der Waals surface area contributed by atoms with E-state index in [0.29, 0.717) is 22.0 Å². The third-order valence-electron chi connectivity index (χ3n) is 3.65. The number of carboxylic acid groups (broad SMARTS) is 1. The van der Waals surface area contributed by atoms with Crippen molar-refractivity contribution < 1.29 is 14.7 Å². The maximum absolute atomic E-state index is 12.4. The highest BCUT2D eigenvalue weighted by atomic mass is 32.1. The number of aromatic carboxylic acids is 1. The van der Waals surface area contributed by atoms with Crippen molar-refractivity contribution in [2.75, 3.05) is 4.90 Å². The van der Waals surface area contributed by atoms with Gasteiger partial charge in [0.05, 0.1) is 11.1 Å². The quantitative estimate of drug-likeness (QED) is 0.776. The topological polar surface area (TPSA) is 87.8 Å². The number of thiophene rings is 1. The molecule has 3 heterocycles. The molecule has 0 aliphatic heterocycles. The third-order valence-corrected chi connectivity index (χ3v) is 4.73. The lowest BCUT2D eigenvalue weighted by molar-refractivity contribution is -0.117. The van der Waals surface area contributed by atoms with Gasteiger partial charge in [0.25, 0.3) is 0 Å². The van der Waals surface area contributed by atoms with Crippen LogP contribution in [-0.4, -0.2) is 36.9 Å². The molecule has 0 saturated carbocycles. The molecule has 1 amide bonds. The second kappa shape index (κ2) is 5.96. The summed E-state index contributed by atoms with van der Waals surface area (Å²) in [5.74, 6) is -0.499. The van der Waals surface area contributed by atoms with Gasteiger partial charge in [0.15, 0.2) is 5.65 Å². The van der Waals surface area contributed by atoms with E-state index in [1.807, 2.05) is 20.8 Å². The van der Waals surface area contributed by atoms with Gasteiger partial charge < -0.3 is 5.11 Å². The number of fused-ring (bicyclic) bond motifs is 1. The van der Waals surface area contributed by atoms with Crippen LogP contribution < -0.4 is 4.90 Å². The van der Waals surface area contributed by atoms with Crippen LogP contribution in [0.5, 0.6) is 0 Å². The molecule has 3 aromatic heterocycles. The molecular formula is C17H18N4O3S. The van der Waals surface area contributed by atoms with Crippen LogP contribution in [0.15, 0.2) is 30.7 Å². The van der Waals surface area contributed by atoms with Crippen LogP contribution >= 0.6 is 11.3 Å². The first kappa shape index (κ1) is 17.1. The summed E-state index contributed by atoms with van der Waals surface area (Å²) in [6.45, 7) is 7.33. The minimum Gasteiger partial charge on any atom is -0.477 e. The van der Waals surface area contributed by atoms with E-state index < -0.39 is 11.5 Å². The van der Waals surface area contributed by atoms with Crippen LogP contribution in [-0.2, 0) is 4.79 Å². The molecule has 0 saturated heterocycles. The summed E-state index contributed by atoms with van der Waals surface area (Å²) in [5.41, 5.74) is 0.677. The number of hydrogen-bond acceptors (Lipinski definition) is 5. The smallest absolute Gasteiger partial charge is 0.345 e. The molecule has 7 nitrogen and oxygen atoms in total. The van der Waals surface area contributed by atoms with Gasteiger partial charge in [-0.1, -0.05) is 0 Å². The molecule has 25 heavy (non-hydrogen) atoms. The van der Waals surface area contributed by atoms with Crippen molar-refractivity contribution in [3.05, 3.63) is 35.6 Å². The first-order valence-corrected chi connectivity index (χ1v) is 8.48. The van der Waals surface area contributed by atoms with Crippen LogP contribution in [0.1, 0.15) is 37.4 Å². The highest BCUT2D eigenvalue weighted by Crippen LogP contribution is 2.38. The van der Waals surface area contributed by atoms with Gasteiger partial charge in [0.2, 0.25) is 5.91 Å². The number of amides is 1. The maximum atomic E-state index is 12.4. The lowest BCUT2D eigenvalue weighted by Crippen LogP contribution is -2.45. The zero-order chi connectivity index (χ0) is 18.4. The van der Waals surface area contributed by atoms with E-state index in [1.54, 1.807) is 40.0 Å². The molecule has 0 aromatic carbocycles. The summed E-state index contributed by atoms with van der Waals surface area (Å²) in [4.78, 5) is 34.9. The van der Waals surface area contributed by atoms with Gasteiger partial charge >= 0.3 is 5.97 Å². The van der Waals surface area contributed by atoms with Crippen molar-refractivity contribution in [3.8, 4) is 10.6 Å². The van der Waals surface area contributed by atoms with Crippen LogP contribution in [0.3, 0.4) is 0 Å². The Morgan fingerprint density at radius 3 is 2.56 bits per heavy atom. The number of anilines is 1. The molecule has 0 fully saturated rings. The zero-order valence-corrected chi connectivity index (χ0v) is 15.2. The fourth-order valence-corrected chi connectivity index (χ4v) is 3.62. The molecule has 1 N–H and O–H groups in total. The van der Waals surface area contributed by atoms with E-state index in [-0.39, 0.29) is 10.8 Å². The van der Waals surface area contributed by atoms with Crippen molar-refractivity contribution in [2.45, 2.75) is 33.2 Å². The van der Waals surface area contributed by atoms with Crippen molar-refractivity contribution in [1.82, 2.24) is 14.4 Å². The fraction of sp³-hybridized carbons (Fsp3) is 0.294. The minimum atomic E-state index is -0.984. The van der Waals surface area contributed by atoms with Crippen LogP contribution in [0.25, 0.3) is 16.2 Å². The second-order valence-corrected chi connectivity index (χ2v) is 7.67. The number of nitrogens with zero attached hydrogens (tertiary/aromatic N) is 4. The van der Waals surface area contributed by atoms with Crippen molar-refractivity contribution in [2.24, 2.45) is 0 Å². The molecule has 0 atom stereocenters. The Bertz CT molecular complexity index is 968. The van der Waals surface area contributed by atoms with Crippen LogP contribution in [0, 0.1) is 0 Å². The monoisotopic (exact) mass is 358 g/mol. The van der Waals surface area contributed by atoms with Gasteiger partial charge in [-0.3, -0.25) is 19.1 Å². The zero-order valence-electron chi connectivity index (χ0n) is 14.3.